The Morgan fingerprint density at radius 3 is 2.50 bits per heavy atom. The number of halogens is 1. The van der Waals surface area contributed by atoms with Crippen molar-refractivity contribution in [1.29, 1.82) is 0 Å². The molecule has 0 unspecified atom stereocenters. The number of nitrogens with zero attached hydrogens (tertiary/aromatic N) is 2. The number of hydrogen-bond donors (Lipinski definition) is 1. The maximum absolute atomic E-state index is 12.8. The zero-order valence-corrected chi connectivity index (χ0v) is 21.0. The summed E-state index contributed by atoms with van der Waals surface area (Å²) in [5, 5.41) is 7.83. The minimum Gasteiger partial charge on any atom is -0.490 e. The number of rotatable bonds is 11. The number of anilines is 1. The molecule has 7 nitrogen and oxygen atoms in total. The molecule has 8 heteroatoms. The van der Waals surface area contributed by atoms with E-state index in [-0.39, 0.29) is 5.91 Å². The molecule has 0 aliphatic heterocycles. The van der Waals surface area contributed by atoms with Gasteiger partial charge < -0.3 is 19.5 Å². The summed E-state index contributed by atoms with van der Waals surface area (Å²) in [6.45, 7) is 5.82. The van der Waals surface area contributed by atoms with E-state index >= 15 is 0 Å². The third-order valence-electron chi connectivity index (χ3n) is 5.26. The highest BCUT2D eigenvalue weighted by molar-refractivity contribution is 6.32. The van der Waals surface area contributed by atoms with Gasteiger partial charge in [0.25, 0.3) is 5.91 Å². The number of amides is 1. The summed E-state index contributed by atoms with van der Waals surface area (Å²) < 4.78 is 18.9. The van der Waals surface area contributed by atoms with Crippen LogP contribution in [0.25, 0.3) is 0 Å². The number of carbonyl (C=O) groups is 1. The topological polar surface area (TPSA) is 74.6 Å². The van der Waals surface area contributed by atoms with Gasteiger partial charge in [-0.1, -0.05) is 41.9 Å². The summed E-state index contributed by atoms with van der Waals surface area (Å²) in [6.07, 6.45) is 3.42. The maximum Gasteiger partial charge on any atom is 0.255 e. The van der Waals surface area contributed by atoms with Gasteiger partial charge in [0, 0.05) is 11.8 Å². The average molecular weight is 506 g/mol. The molecule has 0 radical (unpaired) electrons. The minimum absolute atomic E-state index is 0.228. The van der Waals surface area contributed by atoms with Crippen LogP contribution in [0, 0.1) is 0 Å². The lowest BCUT2D eigenvalue weighted by Crippen LogP contribution is -2.12. The van der Waals surface area contributed by atoms with Crippen molar-refractivity contribution in [3.8, 4) is 17.2 Å². The number of hydrogen-bond acceptors (Lipinski definition) is 5. The molecule has 0 atom stereocenters. The van der Waals surface area contributed by atoms with Crippen LogP contribution in [-0.2, 0) is 13.2 Å². The van der Waals surface area contributed by atoms with Crippen molar-refractivity contribution in [1.82, 2.24) is 9.78 Å². The fourth-order valence-corrected chi connectivity index (χ4v) is 3.81. The highest BCUT2D eigenvalue weighted by Crippen LogP contribution is 2.29. The Balaban J connectivity index is 1.38. The van der Waals surface area contributed by atoms with Crippen molar-refractivity contribution in [3.05, 3.63) is 101 Å². The van der Waals surface area contributed by atoms with E-state index in [2.05, 4.69) is 10.4 Å². The van der Waals surface area contributed by atoms with E-state index in [4.69, 9.17) is 25.8 Å². The maximum atomic E-state index is 12.8. The summed E-state index contributed by atoms with van der Waals surface area (Å²) in [5.41, 5.74) is 3.00. The van der Waals surface area contributed by atoms with Crippen LogP contribution in [0.4, 0.5) is 5.69 Å². The van der Waals surface area contributed by atoms with E-state index in [1.54, 1.807) is 35.3 Å². The molecule has 0 bridgehead atoms. The lowest BCUT2D eigenvalue weighted by Gasteiger charge is -2.12. The fraction of sp³-hybridized carbons (Fsp3) is 0.214. The molecule has 186 valence electrons. The number of benzene rings is 3. The van der Waals surface area contributed by atoms with Gasteiger partial charge in [-0.2, -0.15) is 5.10 Å². The van der Waals surface area contributed by atoms with Gasteiger partial charge in [-0.25, -0.2) is 0 Å². The van der Waals surface area contributed by atoms with Gasteiger partial charge >= 0.3 is 0 Å². The number of aromatic nitrogens is 2. The number of ether oxygens (including phenoxy) is 3. The second-order valence-electron chi connectivity index (χ2n) is 7.95. The van der Waals surface area contributed by atoms with Crippen molar-refractivity contribution < 1.29 is 19.0 Å². The van der Waals surface area contributed by atoms with Crippen LogP contribution in [0.3, 0.4) is 0 Å². The van der Waals surface area contributed by atoms with Gasteiger partial charge in [0.15, 0.2) is 11.5 Å². The first-order valence-electron chi connectivity index (χ1n) is 11.7. The van der Waals surface area contributed by atoms with Crippen LogP contribution in [0.15, 0.2) is 79.1 Å². The van der Waals surface area contributed by atoms with Gasteiger partial charge in [0.1, 0.15) is 12.4 Å². The number of nitrogens with one attached hydrogen (secondary N) is 1. The van der Waals surface area contributed by atoms with Gasteiger partial charge in [0.2, 0.25) is 0 Å². The summed E-state index contributed by atoms with van der Waals surface area (Å²) in [5.74, 6) is 1.79. The van der Waals surface area contributed by atoms with Gasteiger partial charge in [-0.3, -0.25) is 9.48 Å². The molecule has 4 rings (SSSR count). The Morgan fingerprint density at radius 1 is 0.889 bits per heavy atom. The minimum atomic E-state index is -0.228. The van der Waals surface area contributed by atoms with E-state index in [0.29, 0.717) is 54.1 Å². The molecule has 3 aromatic carbocycles. The molecule has 1 amide bonds. The van der Waals surface area contributed by atoms with Gasteiger partial charge in [-0.15, -0.1) is 0 Å². The first kappa shape index (κ1) is 25.1. The quantitative estimate of drug-likeness (QED) is 0.262. The SMILES string of the molecule is CCOc1ccc(Cn2cc(NC(=O)c3cccc(COc4ccccc4Cl)c3)cn2)cc1OCC. The van der Waals surface area contributed by atoms with Crippen LogP contribution in [0.1, 0.15) is 35.3 Å². The summed E-state index contributed by atoms with van der Waals surface area (Å²) in [4.78, 5) is 12.8. The third kappa shape index (κ3) is 6.58. The summed E-state index contributed by atoms with van der Waals surface area (Å²) in [6, 6.07) is 20.4. The average Bonchev–Trinajstić information content (AvgIpc) is 3.32. The van der Waals surface area contributed by atoms with E-state index in [0.717, 1.165) is 16.9 Å². The summed E-state index contributed by atoms with van der Waals surface area (Å²) in [7, 11) is 0. The summed E-state index contributed by atoms with van der Waals surface area (Å²) >= 11 is 6.15. The molecule has 0 fully saturated rings. The van der Waals surface area contributed by atoms with Crippen LogP contribution in [0.2, 0.25) is 5.02 Å². The Hall–Kier alpha value is -3.97. The number of carbonyl (C=O) groups excluding carboxylic acids is 1. The molecule has 1 aromatic heterocycles. The van der Waals surface area contributed by atoms with E-state index in [1.165, 1.54) is 0 Å². The van der Waals surface area contributed by atoms with Crippen LogP contribution in [-0.4, -0.2) is 28.9 Å². The van der Waals surface area contributed by atoms with E-state index in [9.17, 15) is 4.79 Å². The molecule has 0 saturated carbocycles. The molecule has 0 aliphatic carbocycles. The smallest absolute Gasteiger partial charge is 0.255 e. The zero-order chi connectivity index (χ0) is 25.3. The van der Waals surface area contributed by atoms with Crippen molar-refractivity contribution >= 4 is 23.2 Å². The second-order valence-corrected chi connectivity index (χ2v) is 8.35. The molecule has 0 saturated heterocycles. The monoisotopic (exact) mass is 505 g/mol. The van der Waals surface area contributed by atoms with Crippen LogP contribution >= 0.6 is 11.6 Å². The Kier molecular flexibility index (Phi) is 8.47. The first-order chi connectivity index (χ1) is 17.6. The third-order valence-corrected chi connectivity index (χ3v) is 5.58. The van der Waals surface area contributed by atoms with E-state index < -0.39 is 0 Å². The van der Waals surface area contributed by atoms with Gasteiger partial charge in [0.05, 0.1) is 36.7 Å². The van der Waals surface area contributed by atoms with Gasteiger partial charge in [-0.05, 0) is 61.4 Å². The molecular formula is C28H28ClN3O4. The highest BCUT2D eigenvalue weighted by atomic mass is 35.5. The fourth-order valence-electron chi connectivity index (χ4n) is 3.62. The first-order valence-corrected chi connectivity index (χ1v) is 12.1. The Bertz CT molecular complexity index is 1320. The lowest BCUT2D eigenvalue weighted by atomic mass is 10.1. The molecule has 0 spiro atoms. The van der Waals surface area contributed by atoms with E-state index in [1.807, 2.05) is 62.4 Å². The van der Waals surface area contributed by atoms with Crippen molar-refractivity contribution in [2.45, 2.75) is 27.0 Å². The largest absolute Gasteiger partial charge is 0.490 e. The standard InChI is InChI=1S/C28H28ClN3O4/c1-3-34-26-13-12-20(15-27(26)35-4-2)17-32-18-23(16-30-32)31-28(33)22-9-7-8-21(14-22)19-36-25-11-6-5-10-24(25)29/h5-16,18H,3-4,17,19H2,1-2H3,(H,31,33). The predicted molar refractivity (Wildman–Crippen MR) is 140 cm³/mol. The van der Waals surface area contributed by atoms with Crippen molar-refractivity contribution in [3.63, 3.8) is 0 Å². The predicted octanol–water partition coefficient (Wildman–Crippen LogP) is 6.21. The normalized spacial score (nSPS) is 10.6. The molecular weight excluding hydrogens is 478 g/mol. The molecule has 1 heterocycles. The van der Waals surface area contributed by atoms with Crippen molar-refractivity contribution in [2.24, 2.45) is 0 Å². The molecule has 1 N–H and O–H groups in total. The van der Waals surface area contributed by atoms with Crippen molar-refractivity contribution in [2.75, 3.05) is 18.5 Å². The Morgan fingerprint density at radius 2 is 1.69 bits per heavy atom. The second kappa shape index (κ2) is 12.1. The number of para-hydroxylation sites is 1. The molecule has 4 aromatic rings. The zero-order valence-electron chi connectivity index (χ0n) is 20.2. The lowest BCUT2D eigenvalue weighted by molar-refractivity contribution is 0.102. The molecule has 36 heavy (non-hydrogen) atoms. The van der Waals surface area contributed by atoms with Crippen LogP contribution < -0.4 is 19.5 Å². The molecule has 0 aliphatic rings. The highest BCUT2D eigenvalue weighted by Gasteiger charge is 2.11. The van der Waals surface area contributed by atoms with Crippen LogP contribution in [0.5, 0.6) is 17.2 Å². The Labute approximate surface area is 215 Å².